The van der Waals surface area contributed by atoms with E-state index >= 15 is 0 Å². The van der Waals surface area contributed by atoms with E-state index in [1.54, 1.807) is 0 Å². The number of aromatic nitrogens is 1. The predicted octanol–water partition coefficient (Wildman–Crippen LogP) is 3.49. The van der Waals surface area contributed by atoms with E-state index in [1.165, 1.54) is 36.2 Å². The predicted molar refractivity (Wildman–Crippen MR) is 95.2 cm³/mol. The molecule has 1 saturated heterocycles. The van der Waals surface area contributed by atoms with E-state index in [4.69, 9.17) is 0 Å². The van der Waals surface area contributed by atoms with Crippen LogP contribution in [0, 0.1) is 12.8 Å². The van der Waals surface area contributed by atoms with Crippen LogP contribution in [0.4, 0.5) is 0 Å². The standard InChI is InChI=1S/C19H24N2OS/c1-14-13-23-19(22)21(14)11-10-20-12-17(15-6-3-2-4-7-15)16-8-5-9-18(16)20/h2-4,6-7,13,16-18H,5,8-12H2,1H3. The van der Waals surface area contributed by atoms with Gasteiger partial charge in [0.05, 0.1) is 0 Å². The summed E-state index contributed by atoms with van der Waals surface area (Å²) in [5.41, 5.74) is 2.59. The zero-order valence-corrected chi connectivity index (χ0v) is 14.5. The first-order valence-electron chi connectivity index (χ1n) is 8.68. The molecule has 122 valence electrons. The first-order chi connectivity index (χ1) is 11.2. The second kappa shape index (κ2) is 6.25. The normalized spacial score (nSPS) is 27.4. The Balaban J connectivity index is 1.50. The van der Waals surface area contributed by atoms with Crippen molar-refractivity contribution in [3.63, 3.8) is 0 Å². The highest BCUT2D eigenvalue weighted by atomic mass is 32.1. The number of rotatable bonds is 4. The summed E-state index contributed by atoms with van der Waals surface area (Å²) in [6, 6.07) is 11.7. The molecule has 4 heteroatoms. The molecule has 4 rings (SSSR count). The van der Waals surface area contributed by atoms with Gasteiger partial charge in [-0.05, 0) is 31.2 Å². The van der Waals surface area contributed by atoms with Crippen molar-refractivity contribution in [2.75, 3.05) is 13.1 Å². The van der Waals surface area contributed by atoms with E-state index in [1.807, 2.05) is 16.9 Å². The third-order valence-electron chi connectivity index (χ3n) is 5.76. The maximum absolute atomic E-state index is 11.9. The molecule has 1 aliphatic carbocycles. The Morgan fingerprint density at radius 1 is 1.17 bits per heavy atom. The number of thiazole rings is 1. The van der Waals surface area contributed by atoms with Crippen LogP contribution in [0.15, 0.2) is 40.5 Å². The summed E-state index contributed by atoms with van der Waals surface area (Å²) in [6.07, 6.45) is 4.04. The highest BCUT2D eigenvalue weighted by molar-refractivity contribution is 7.07. The quantitative estimate of drug-likeness (QED) is 0.858. The van der Waals surface area contributed by atoms with Gasteiger partial charge in [-0.15, -0.1) is 0 Å². The SMILES string of the molecule is Cc1csc(=O)n1CCN1CC(c2ccccc2)C2CCCC21. The Kier molecular flexibility index (Phi) is 4.12. The molecule has 1 aromatic carbocycles. The summed E-state index contributed by atoms with van der Waals surface area (Å²) in [7, 11) is 0. The molecule has 3 nitrogen and oxygen atoms in total. The molecule has 2 fully saturated rings. The fraction of sp³-hybridized carbons (Fsp3) is 0.526. The minimum atomic E-state index is 0.185. The Bertz CT molecular complexity index is 720. The molecule has 1 aliphatic heterocycles. The summed E-state index contributed by atoms with van der Waals surface area (Å²) >= 11 is 1.32. The van der Waals surface area contributed by atoms with Crippen LogP contribution < -0.4 is 4.87 Å². The Hall–Kier alpha value is -1.39. The lowest BCUT2D eigenvalue weighted by atomic mass is 9.87. The molecule has 3 unspecified atom stereocenters. The fourth-order valence-electron chi connectivity index (χ4n) is 4.63. The molecule has 3 atom stereocenters. The highest BCUT2D eigenvalue weighted by Gasteiger charge is 2.44. The van der Waals surface area contributed by atoms with E-state index in [2.05, 4.69) is 35.2 Å². The van der Waals surface area contributed by atoms with Gasteiger partial charge < -0.3 is 4.57 Å². The summed E-state index contributed by atoms with van der Waals surface area (Å²) in [5.74, 6) is 1.47. The second-order valence-corrected chi connectivity index (χ2v) is 7.79. The van der Waals surface area contributed by atoms with E-state index in [0.29, 0.717) is 5.92 Å². The minimum Gasteiger partial charge on any atom is -0.302 e. The molecule has 23 heavy (non-hydrogen) atoms. The zero-order chi connectivity index (χ0) is 15.8. The number of hydrogen-bond acceptors (Lipinski definition) is 3. The minimum absolute atomic E-state index is 0.185. The van der Waals surface area contributed by atoms with Gasteiger partial charge in [0.1, 0.15) is 0 Å². The molecule has 0 spiro atoms. The van der Waals surface area contributed by atoms with Gasteiger partial charge in [-0.25, -0.2) is 0 Å². The average Bonchev–Trinajstić information content (AvgIpc) is 3.24. The maximum Gasteiger partial charge on any atom is 0.307 e. The third kappa shape index (κ3) is 2.79. The van der Waals surface area contributed by atoms with Crippen molar-refractivity contribution in [3.8, 4) is 0 Å². The molecule has 0 N–H and O–H groups in total. The summed E-state index contributed by atoms with van der Waals surface area (Å²) in [4.78, 5) is 14.8. The van der Waals surface area contributed by atoms with Gasteiger partial charge in [0, 0.05) is 42.7 Å². The van der Waals surface area contributed by atoms with Crippen molar-refractivity contribution >= 4 is 11.3 Å². The second-order valence-electron chi connectivity index (χ2n) is 6.97. The van der Waals surface area contributed by atoms with Crippen molar-refractivity contribution in [1.82, 2.24) is 9.47 Å². The monoisotopic (exact) mass is 328 g/mol. The van der Waals surface area contributed by atoms with Crippen molar-refractivity contribution in [2.24, 2.45) is 5.92 Å². The molecule has 2 heterocycles. The van der Waals surface area contributed by atoms with Crippen LogP contribution in [0.1, 0.15) is 36.4 Å². The van der Waals surface area contributed by atoms with Gasteiger partial charge in [0.15, 0.2) is 0 Å². The summed E-state index contributed by atoms with van der Waals surface area (Å²) in [6.45, 7) is 5.02. The van der Waals surface area contributed by atoms with E-state index in [0.717, 1.165) is 37.3 Å². The van der Waals surface area contributed by atoms with Crippen LogP contribution in [-0.2, 0) is 6.54 Å². The molecule has 0 bridgehead atoms. The van der Waals surface area contributed by atoms with E-state index in [9.17, 15) is 4.79 Å². The third-order valence-corrected chi connectivity index (χ3v) is 6.64. The molecule has 0 radical (unpaired) electrons. The average molecular weight is 328 g/mol. The maximum atomic E-state index is 11.9. The number of nitrogens with zero attached hydrogens (tertiary/aromatic N) is 2. The number of benzene rings is 1. The first-order valence-corrected chi connectivity index (χ1v) is 9.56. The Morgan fingerprint density at radius 2 is 2.00 bits per heavy atom. The van der Waals surface area contributed by atoms with Crippen molar-refractivity contribution in [3.05, 3.63) is 56.6 Å². The molecular formula is C19H24N2OS. The van der Waals surface area contributed by atoms with Crippen LogP contribution in [0.5, 0.6) is 0 Å². The van der Waals surface area contributed by atoms with Gasteiger partial charge in [0.25, 0.3) is 0 Å². The molecule has 1 aromatic heterocycles. The lowest BCUT2D eigenvalue weighted by Crippen LogP contribution is -2.34. The van der Waals surface area contributed by atoms with Gasteiger partial charge >= 0.3 is 4.87 Å². The van der Waals surface area contributed by atoms with Crippen LogP contribution in [0.3, 0.4) is 0 Å². The lowest BCUT2D eigenvalue weighted by molar-refractivity contribution is 0.231. The van der Waals surface area contributed by atoms with Crippen LogP contribution in [0.2, 0.25) is 0 Å². The molecule has 2 aromatic rings. The number of likely N-dealkylation sites (tertiary alicyclic amines) is 1. The van der Waals surface area contributed by atoms with Crippen LogP contribution in [0.25, 0.3) is 0 Å². The van der Waals surface area contributed by atoms with Crippen molar-refractivity contribution < 1.29 is 0 Å². The first kappa shape index (κ1) is 15.2. The Morgan fingerprint density at radius 3 is 2.74 bits per heavy atom. The molecular weight excluding hydrogens is 304 g/mol. The van der Waals surface area contributed by atoms with Crippen LogP contribution >= 0.6 is 11.3 Å². The smallest absolute Gasteiger partial charge is 0.302 e. The molecule has 1 saturated carbocycles. The summed E-state index contributed by atoms with van der Waals surface area (Å²) in [5, 5.41) is 1.97. The van der Waals surface area contributed by atoms with Gasteiger partial charge in [-0.1, -0.05) is 48.1 Å². The van der Waals surface area contributed by atoms with Crippen molar-refractivity contribution in [2.45, 2.75) is 44.7 Å². The van der Waals surface area contributed by atoms with Crippen LogP contribution in [-0.4, -0.2) is 28.6 Å². The highest BCUT2D eigenvalue weighted by Crippen LogP contribution is 2.46. The van der Waals surface area contributed by atoms with Gasteiger partial charge in [0.2, 0.25) is 0 Å². The topological polar surface area (TPSA) is 25.2 Å². The Labute approximate surface area is 141 Å². The number of aryl methyl sites for hydroxylation is 1. The zero-order valence-electron chi connectivity index (χ0n) is 13.6. The van der Waals surface area contributed by atoms with Crippen molar-refractivity contribution in [1.29, 1.82) is 0 Å². The largest absolute Gasteiger partial charge is 0.307 e. The van der Waals surface area contributed by atoms with Gasteiger partial charge in [-0.3, -0.25) is 9.69 Å². The van der Waals surface area contributed by atoms with E-state index in [-0.39, 0.29) is 4.87 Å². The number of fused-ring (bicyclic) bond motifs is 1. The van der Waals surface area contributed by atoms with E-state index < -0.39 is 0 Å². The molecule has 2 aliphatic rings. The fourth-order valence-corrected chi connectivity index (χ4v) is 5.39. The van der Waals surface area contributed by atoms with Gasteiger partial charge in [-0.2, -0.15) is 0 Å². The lowest BCUT2D eigenvalue weighted by Gasteiger charge is -2.23. The number of hydrogen-bond donors (Lipinski definition) is 0. The molecule has 0 amide bonds. The summed E-state index contributed by atoms with van der Waals surface area (Å²) < 4.78 is 1.93.